The van der Waals surface area contributed by atoms with E-state index in [-0.39, 0.29) is 5.88 Å². The highest BCUT2D eigenvalue weighted by Crippen LogP contribution is 1.99. The van der Waals surface area contributed by atoms with E-state index in [1.54, 1.807) is 0 Å². The maximum atomic E-state index is 10.5. The lowest BCUT2D eigenvalue weighted by atomic mass is 10.6. The van der Waals surface area contributed by atoms with Gasteiger partial charge in [0.1, 0.15) is 6.20 Å². The van der Waals surface area contributed by atoms with Gasteiger partial charge in [0.05, 0.1) is 0 Å². The topological polar surface area (TPSA) is 67.9 Å². The fraction of sp³-hybridized carbons (Fsp3) is 0. The molecular weight excluding hydrogens is 134 g/mol. The third-order valence-corrected chi connectivity index (χ3v) is 0.770. The molecule has 0 aliphatic rings. The Bertz CT molecular complexity index is 229. The van der Waals surface area contributed by atoms with E-state index < -0.39 is 5.97 Å². The predicted molar refractivity (Wildman–Crippen MR) is 32.2 cm³/mol. The number of hydrogen-bond acceptors (Lipinski definition) is 4. The molecule has 0 amide bonds. The minimum Gasteiger partial charge on any atom is -0.403 e. The molecular formula is C5H5N3O2. The predicted octanol–water partition coefficient (Wildman–Crippen LogP) is -0.104. The molecule has 0 radical (unpaired) electrons. The average Bonchev–Trinajstić information content (AvgIpc) is 2.40. The summed E-state index contributed by atoms with van der Waals surface area (Å²) in [5.74, 6) is -0.323. The smallest absolute Gasteiger partial charge is 0.336 e. The maximum absolute atomic E-state index is 10.5. The van der Waals surface area contributed by atoms with Gasteiger partial charge >= 0.3 is 5.97 Å². The lowest BCUT2D eigenvalue weighted by molar-refractivity contribution is -0.129. The third kappa shape index (κ3) is 1.41. The quantitative estimate of drug-likeness (QED) is 0.458. The molecule has 0 aliphatic carbocycles. The second-order valence-corrected chi connectivity index (χ2v) is 1.45. The molecule has 1 N–H and O–H groups in total. The van der Waals surface area contributed by atoms with Gasteiger partial charge in [0.2, 0.25) is 5.88 Å². The molecule has 1 aromatic heterocycles. The van der Waals surface area contributed by atoms with Crippen molar-refractivity contribution in [3.05, 3.63) is 18.9 Å². The van der Waals surface area contributed by atoms with Crippen molar-refractivity contribution in [1.82, 2.24) is 15.4 Å². The van der Waals surface area contributed by atoms with Crippen LogP contribution in [-0.4, -0.2) is 21.4 Å². The van der Waals surface area contributed by atoms with E-state index in [0.29, 0.717) is 0 Å². The zero-order valence-electron chi connectivity index (χ0n) is 5.07. The molecule has 0 aliphatic heterocycles. The number of carbonyl (C=O) groups is 1. The first-order valence-corrected chi connectivity index (χ1v) is 2.53. The van der Waals surface area contributed by atoms with E-state index in [1.165, 1.54) is 6.20 Å². The lowest BCUT2D eigenvalue weighted by Gasteiger charge is -1.91. The highest BCUT2D eigenvalue weighted by molar-refractivity contribution is 5.82. The molecule has 10 heavy (non-hydrogen) atoms. The summed E-state index contributed by atoms with van der Waals surface area (Å²) >= 11 is 0. The molecule has 0 saturated heterocycles. The van der Waals surface area contributed by atoms with Crippen LogP contribution in [0.2, 0.25) is 0 Å². The lowest BCUT2D eigenvalue weighted by Crippen LogP contribution is -2.02. The van der Waals surface area contributed by atoms with Crippen molar-refractivity contribution < 1.29 is 9.53 Å². The van der Waals surface area contributed by atoms with Crippen LogP contribution < -0.4 is 4.74 Å². The normalized spacial score (nSPS) is 8.80. The largest absolute Gasteiger partial charge is 0.403 e. The van der Waals surface area contributed by atoms with Gasteiger partial charge in [-0.3, -0.25) is 0 Å². The van der Waals surface area contributed by atoms with Gasteiger partial charge in [0, 0.05) is 6.08 Å². The minimum atomic E-state index is -0.536. The van der Waals surface area contributed by atoms with Crippen molar-refractivity contribution in [2.45, 2.75) is 0 Å². The Morgan fingerprint density at radius 1 is 1.90 bits per heavy atom. The van der Waals surface area contributed by atoms with Crippen LogP contribution in [0.4, 0.5) is 0 Å². The summed E-state index contributed by atoms with van der Waals surface area (Å²) in [6.45, 7) is 3.21. The molecule has 0 spiro atoms. The molecule has 52 valence electrons. The molecule has 0 unspecified atom stereocenters. The average molecular weight is 139 g/mol. The second-order valence-electron chi connectivity index (χ2n) is 1.45. The molecule has 1 rings (SSSR count). The fourth-order valence-electron chi connectivity index (χ4n) is 0.388. The molecule has 1 aromatic rings. The second kappa shape index (κ2) is 2.77. The number of ether oxygens (including phenoxy) is 1. The number of carbonyl (C=O) groups excluding carboxylic acids is 1. The van der Waals surface area contributed by atoms with Gasteiger partial charge in [-0.05, 0) is 0 Å². The summed E-state index contributed by atoms with van der Waals surface area (Å²) in [4.78, 5) is 10.5. The number of nitrogens with zero attached hydrogens (tertiary/aromatic N) is 2. The molecule has 0 aromatic carbocycles. The Hall–Kier alpha value is -1.65. The van der Waals surface area contributed by atoms with Crippen molar-refractivity contribution in [2.75, 3.05) is 0 Å². The summed E-state index contributed by atoms with van der Waals surface area (Å²) in [5, 5.41) is 9.07. The van der Waals surface area contributed by atoms with E-state index in [4.69, 9.17) is 0 Å². The zero-order valence-corrected chi connectivity index (χ0v) is 5.07. The van der Waals surface area contributed by atoms with Crippen LogP contribution in [0.5, 0.6) is 5.88 Å². The van der Waals surface area contributed by atoms with E-state index in [1.807, 2.05) is 0 Å². The fourth-order valence-corrected chi connectivity index (χ4v) is 0.388. The summed E-state index contributed by atoms with van der Waals surface area (Å²) in [5.41, 5.74) is 0. The summed E-state index contributed by atoms with van der Waals surface area (Å²) in [7, 11) is 0. The Labute approximate surface area is 56.7 Å². The van der Waals surface area contributed by atoms with Crippen LogP contribution >= 0.6 is 0 Å². The number of rotatable bonds is 2. The van der Waals surface area contributed by atoms with Gasteiger partial charge in [0.25, 0.3) is 0 Å². The zero-order chi connectivity index (χ0) is 7.40. The van der Waals surface area contributed by atoms with Crippen molar-refractivity contribution in [3.63, 3.8) is 0 Å². The third-order valence-electron chi connectivity index (χ3n) is 0.770. The van der Waals surface area contributed by atoms with E-state index in [0.717, 1.165) is 6.08 Å². The van der Waals surface area contributed by atoms with E-state index in [9.17, 15) is 4.79 Å². The maximum Gasteiger partial charge on any atom is 0.336 e. The standard InChI is InChI=1S/C5H5N3O2/c1-2-5(9)10-4-3-6-8-7-4/h2-3H,1H2,(H,6,7,8). The van der Waals surface area contributed by atoms with Crippen LogP contribution in [0.3, 0.4) is 0 Å². The van der Waals surface area contributed by atoms with Gasteiger partial charge in [-0.15, -0.1) is 5.10 Å². The van der Waals surface area contributed by atoms with Gasteiger partial charge in [-0.2, -0.15) is 0 Å². The monoisotopic (exact) mass is 139 g/mol. The van der Waals surface area contributed by atoms with E-state index in [2.05, 4.69) is 26.7 Å². The number of nitrogens with one attached hydrogen (secondary N) is 1. The number of esters is 1. The van der Waals surface area contributed by atoms with Crippen LogP contribution in [-0.2, 0) is 4.79 Å². The SMILES string of the molecule is C=CC(=O)Oc1cnn[nH]1. The molecule has 5 heteroatoms. The van der Waals surface area contributed by atoms with Crippen molar-refractivity contribution >= 4 is 5.97 Å². The van der Waals surface area contributed by atoms with Gasteiger partial charge in [0.15, 0.2) is 0 Å². The van der Waals surface area contributed by atoms with E-state index >= 15 is 0 Å². The van der Waals surface area contributed by atoms with Crippen molar-refractivity contribution in [1.29, 1.82) is 0 Å². The number of aromatic amines is 1. The van der Waals surface area contributed by atoms with Gasteiger partial charge < -0.3 is 4.74 Å². The summed E-state index contributed by atoms with van der Waals surface area (Å²) < 4.78 is 4.57. The highest BCUT2D eigenvalue weighted by atomic mass is 16.5. The van der Waals surface area contributed by atoms with Crippen LogP contribution in [0.15, 0.2) is 18.9 Å². The van der Waals surface area contributed by atoms with Crippen molar-refractivity contribution in [2.24, 2.45) is 0 Å². The molecule has 5 nitrogen and oxygen atoms in total. The van der Waals surface area contributed by atoms with Crippen LogP contribution in [0.25, 0.3) is 0 Å². The first kappa shape index (κ1) is 6.47. The Morgan fingerprint density at radius 3 is 3.20 bits per heavy atom. The Morgan fingerprint density at radius 2 is 2.70 bits per heavy atom. The molecule has 1 heterocycles. The number of H-pyrrole nitrogens is 1. The molecule has 0 atom stereocenters. The molecule has 0 saturated carbocycles. The minimum absolute atomic E-state index is 0.213. The van der Waals surface area contributed by atoms with Gasteiger partial charge in [-0.25, -0.2) is 9.89 Å². The Kier molecular flexibility index (Phi) is 1.79. The van der Waals surface area contributed by atoms with Gasteiger partial charge in [-0.1, -0.05) is 11.8 Å². The number of aromatic nitrogens is 3. The van der Waals surface area contributed by atoms with Crippen LogP contribution in [0.1, 0.15) is 0 Å². The van der Waals surface area contributed by atoms with Crippen molar-refractivity contribution in [3.8, 4) is 5.88 Å². The Balaban J connectivity index is 2.56. The number of hydrogen-bond donors (Lipinski definition) is 1. The summed E-state index contributed by atoms with van der Waals surface area (Å²) in [6, 6.07) is 0. The summed E-state index contributed by atoms with van der Waals surface area (Å²) in [6.07, 6.45) is 2.35. The van der Waals surface area contributed by atoms with Crippen LogP contribution in [0, 0.1) is 0 Å². The first-order valence-electron chi connectivity index (χ1n) is 2.53. The first-order chi connectivity index (χ1) is 4.83. The molecule has 0 fully saturated rings. The molecule has 0 bridgehead atoms. The highest BCUT2D eigenvalue weighted by Gasteiger charge is 1.98.